The monoisotopic (exact) mass is 406 g/mol. The zero-order chi connectivity index (χ0) is 18.0. The predicted octanol–water partition coefficient (Wildman–Crippen LogP) is 3.68. The van der Waals surface area contributed by atoms with E-state index in [1.165, 1.54) is 19.3 Å². The fourth-order valence-electron chi connectivity index (χ4n) is 1.88. The van der Waals surface area contributed by atoms with Gasteiger partial charge in [0, 0.05) is 47.2 Å². The second kappa shape index (κ2) is 21.5. The van der Waals surface area contributed by atoms with Gasteiger partial charge in [-0.3, -0.25) is 0 Å². The van der Waals surface area contributed by atoms with E-state index in [9.17, 15) is 0 Å². The number of rotatable bonds is 14. The Morgan fingerprint density at radius 1 is 0.667 bits per heavy atom. The third kappa shape index (κ3) is 16.0. The van der Waals surface area contributed by atoms with Crippen LogP contribution in [0.1, 0.15) is 53.4 Å². The molecule has 0 N–H and O–H groups in total. The van der Waals surface area contributed by atoms with Crippen molar-refractivity contribution in [3.63, 3.8) is 0 Å². The van der Waals surface area contributed by atoms with Crippen LogP contribution in [0.2, 0.25) is 6.04 Å². The summed E-state index contributed by atoms with van der Waals surface area (Å²) in [5, 5.41) is 0. The second-order valence-corrected chi connectivity index (χ2v) is 9.43. The van der Waals surface area contributed by atoms with Gasteiger partial charge in [-0.15, -0.1) is 12.4 Å². The Morgan fingerprint density at radius 2 is 1.08 bits per heavy atom. The van der Waals surface area contributed by atoms with Crippen LogP contribution in [0.25, 0.3) is 0 Å². The van der Waals surface area contributed by atoms with Crippen LogP contribution in [0.15, 0.2) is 0 Å². The Balaban J connectivity index is -0.000000364. The van der Waals surface area contributed by atoms with Gasteiger partial charge >= 0.3 is 18.3 Å². The van der Waals surface area contributed by atoms with Gasteiger partial charge in [0.1, 0.15) is 0 Å². The molecular formula is C15H39ClO6Si2. The molecule has 0 aromatic carbocycles. The van der Waals surface area contributed by atoms with Crippen LogP contribution < -0.4 is 0 Å². The zero-order valence-electron chi connectivity index (χ0n) is 16.6. The lowest BCUT2D eigenvalue weighted by molar-refractivity contribution is 0.107. The molecule has 24 heavy (non-hydrogen) atoms. The highest BCUT2D eigenvalue weighted by molar-refractivity contribution is 6.60. The molecule has 0 unspecified atom stereocenters. The lowest BCUT2D eigenvalue weighted by Gasteiger charge is -2.24. The predicted molar refractivity (Wildman–Crippen MR) is 105 cm³/mol. The molecule has 0 aromatic heterocycles. The van der Waals surface area contributed by atoms with Crippen molar-refractivity contribution in [1.29, 1.82) is 0 Å². The quantitative estimate of drug-likeness (QED) is 0.324. The first-order chi connectivity index (χ1) is 11.1. The van der Waals surface area contributed by atoms with E-state index in [0.717, 1.165) is 12.5 Å². The van der Waals surface area contributed by atoms with E-state index >= 15 is 0 Å². The molecule has 0 saturated carbocycles. The van der Waals surface area contributed by atoms with E-state index in [1.807, 2.05) is 20.8 Å². The molecule has 0 fully saturated rings. The van der Waals surface area contributed by atoms with E-state index in [4.69, 9.17) is 26.6 Å². The van der Waals surface area contributed by atoms with Gasteiger partial charge in [-0.25, -0.2) is 0 Å². The average molecular weight is 407 g/mol. The molecule has 9 heteroatoms. The molecule has 0 amide bonds. The summed E-state index contributed by atoms with van der Waals surface area (Å²) in [7, 11) is 0.996. The van der Waals surface area contributed by atoms with Gasteiger partial charge < -0.3 is 26.6 Å². The summed E-state index contributed by atoms with van der Waals surface area (Å²) in [6, 6.07) is 0.927. The minimum Gasteiger partial charge on any atom is -0.377 e. The smallest absolute Gasteiger partial charge is 0.377 e. The maximum absolute atomic E-state index is 5.31. The second-order valence-electron chi connectivity index (χ2n) is 4.76. The highest BCUT2D eigenvalue weighted by Crippen LogP contribution is 2.17. The van der Waals surface area contributed by atoms with Crippen LogP contribution in [0.4, 0.5) is 0 Å². The Morgan fingerprint density at radius 3 is 1.38 bits per heavy atom. The van der Waals surface area contributed by atoms with Crippen molar-refractivity contribution < 1.29 is 26.6 Å². The first-order valence-corrected chi connectivity index (χ1v) is 11.9. The molecule has 0 heterocycles. The molecule has 0 aliphatic carbocycles. The number of unbranched alkanes of at least 4 members (excludes halogenated alkanes) is 3. The maximum Gasteiger partial charge on any atom is 0.500 e. The third-order valence-corrected chi connectivity index (χ3v) is 7.83. The molecule has 0 rings (SSSR count). The van der Waals surface area contributed by atoms with E-state index in [0.29, 0.717) is 19.8 Å². The summed E-state index contributed by atoms with van der Waals surface area (Å²) in [4.78, 5) is 0. The highest BCUT2D eigenvalue weighted by atomic mass is 35.5. The first-order valence-electron chi connectivity index (χ1n) is 8.59. The summed E-state index contributed by atoms with van der Waals surface area (Å²) in [5.74, 6) is 0. The van der Waals surface area contributed by atoms with E-state index < -0.39 is 18.3 Å². The summed E-state index contributed by atoms with van der Waals surface area (Å²) in [6.07, 6.45) is 4.90. The SMILES string of the molecule is CCCCCC[Si](OC)(OC)OC.CCO[SiH](OCC)OCC.Cl. The van der Waals surface area contributed by atoms with Crippen LogP contribution >= 0.6 is 12.4 Å². The summed E-state index contributed by atoms with van der Waals surface area (Å²) >= 11 is 0. The minimum atomic E-state index is -2.27. The van der Waals surface area contributed by atoms with Crippen molar-refractivity contribution in [2.45, 2.75) is 59.4 Å². The van der Waals surface area contributed by atoms with Crippen molar-refractivity contribution in [3.8, 4) is 0 Å². The number of halogens is 1. The molecule has 0 spiro atoms. The van der Waals surface area contributed by atoms with Crippen LogP contribution in [-0.2, 0) is 26.6 Å². The molecule has 0 aliphatic heterocycles. The Bertz CT molecular complexity index is 213. The standard InChI is InChI=1S/C9H22O3Si.C6H16O3Si.ClH/c1-5-6-7-8-9-13(10-2,11-3)12-4;1-4-7-10(8-5-2)9-6-3;/h5-9H2,1-4H3;10H,4-6H2,1-3H3;1H. The van der Waals surface area contributed by atoms with Gasteiger partial charge in [0.2, 0.25) is 0 Å². The molecule has 0 bridgehead atoms. The van der Waals surface area contributed by atoms with Crippen molar-refractivity contribution in [3.05, 3.63) is 0 Å². The van der Waals surface area contributed by atoms with Crippen molar-refractivity contribution in [1.82, 2.24) is 0 Å². The van der Waals surface area contributed by atoms with Gasteiger partial charge in [-0.05, 0) is 27.2 Å². The van der Waals surface area contributed by atoms with Crippen molar-refractivity contribution >= 4 is 30.7 Å². The topological polar surface area (TPSA) is 55.4 Å². The van der Waals surface area contributed by atoms with Crippen LogP contribution in [0.5, 0.6) is 0 Å². The van der Waals surface area contributed by atoms with E-state index in [1.54, 1.807) is 21.3 Å². The van der Waals surface area contributed by atoms with Gasteiger partial charge in [-0.2, -0.15) is 0 Å². The summed E-state index contributed by atoms with van der Waals surface area (Å²) < 4.78 is 31.6. The van der Waals surface area contributed by atoms with Crippen LogP contribution in [0.3, 0.4) is 0 Å². The minimum absolute atomic E-state index is 0. The van der Waals surface area contributed by atoms with Gasteiger partial charge in [0.15, 0.2) is 0 Å². The van der Waals surface area contributed by atoms with Gasteiger partial charge in [0.05, 0.1) is 0 Å². The number of hydrogen-bond donors (Lipinski definition) is 0. The Kier molecular flexibility index (Phi) is 26.2. The zero-order valence-corrected chi connectivity index (χ0v) is 19.6. The Hall–Kier alpha value is 0.484. The van der Waals surface area contributed by atoms with Crippen LogP contribution in [-0.4, -0.2) is 59.5 Å². The number of hydrogen-bond acceptors (Lipinski definition) is 6. The van der Waals surface area contributed by atoms with E-state index in [2.05, 4.69) is 6.92 Å². The Labute approximate surface area is 158 Å². The molecule has 0 radical (unpaired) electrons. The molecule has 6 nitrogen and oxygen atoms in total. The molecular weight excluding hydrogens is 368 g/mol. The van der Waals surface area contributed by atoms with Gasteiger partial charge in [-0.1, -0.05) is 26.2 Å². The average Bonchev–Trinajstić information content (AvgIpc) is 2.57. The lowest BCUT2D eigenvalue weighted by atomic mass is 10.2. The normalized spacial score (nSPS) is 11.0. The van der Waals surface area contributed by atoms with Crippen molar-refractivity contribution in [2.75, 3.05) is 41.2 Å². The largest absolute Gasteiger partial charge is 0.500 e. The fraction of sp³-hybridized carbons (Fsp3) is 1.00. The lowest BCUT2D eigenvalue weighted by Crippen LogP contribution is -2.42. The molecule has 0 saturated heterocycles. The summed E-state index contributed by atoms with van der Waals surface area (Å²) in [5.41, 5.74) is 0. The molecule has 0 aromatic rings. The summed E-state index contributed by atoms with van der Waals surface area (Å²) in [6.45, 7) is 10.1. The molecule has 0 atom stereocenters. The van der Waals surface area contributed by atoms with E-state index in [-0.39, 0.29) is 12.4 Å². The third-order valence-electron chi connectivity index (χ3n) is 3.18. The maximum atomic E-state index is 5.31. The van der Waals surface area contributed by atoms with Gasteiger partial charge in [0.25, 0.3) is 0 Å². The van der Waals surface area contributed by atoms with Crippen molar-refractivity contribution in [2.24, 2.45) is 0 Å². The highest BCUT2D eigenvalue weighted by Gasteiger charge is 2.36. The fourth-order valence-corrected chi connectivity index (χ4v) is 4.78. The molecule has 0 aliphatic rings. The van der Waals surface area contributed by atoms with Crippen LogP contribution in [0, 0.1) is 0 Å². The first kappa shape index (κ1) is 29.3. The molecule has 150 valence electrons.